The van der Waals surface area contributed by atoms with Gasteiger partial charge in [0.1, 0.15) is 6.04 Å². The lowest BCUT2D eigenvalue weighted by Gasteiger charge is -2.20. The van der Waals surface area contributed by atoms with Crippen molar-refractivity contribution in [1.29, 1.82) is 0 Å². The topological polar surface area (TPSA) is 104 Å². The van der Waals surface area contributed by atoms with Crippen LogP contribution >= 0.6 is 24.4 Å². The van der Waals surface area contributed by atoms with E-state index in [0.717, 1.165) is 75.8 Å². The minimum atomic E-state index is -0.414. The fraction of sp³-hybridized carbons (Fsp3) is 0.625. The molecule has 0 aliphatic heterocycles. The number of fused-ring (bicyclic) bond motifs is 1. The summed E-state index contributed by atoms with van der Waals surface area (Å²) in [7, 11) is 1.86. The van der Waals surface area contributed by atoms with E-state index in [1.807, 2.05) is 30.9 Å². The number of amides is 2. The lowest BCUT2D eigenvalue weighted by Crippen LogP contribution is -2.45. The van der Waals surface area contributed by atoms with Crippen molar-refractivity contribution < 1.29 is 9.59 Å². The molecule has 2 rings (SSSR count). The van der Waals surface area contributed by atoms with E-state index in [1.165, 1.54) is 23.1 Å². The Morgan fingerprint density at radius 1 is 1.00 bits per heavy atom. The highest BCUT2D eigenvalue weighted by molar-refractivity contribution is 7.98. The number of nitrogens with zero attached hydrogens (tertiary/aromatic N) is 2. The molecule has 1 atom stereocenters. The summed E-state index contributed by atoms with van der Waals surface area (Å²) in [6, 6.07) is 10.1. The number of nitrogens with one attached hydrogen (secondary N) is 3. The number of para-hydroxylation sites is 1. The number of allylic oxidation sites excluding steroid dienone is 1. The molecule has 1 unspecified atom stereocenters. The molecule has 10 heteroatoms. The number of unbranched alkanes of at least 4 members (excludes halogenated alkanes) is 7. The Hall–Kier alpha value is -2.14. The van der Waals surface area contributed by atoms with Crippen molar-refractivity contribution in [3.05, 3.63) is 48.3 Å². The number of carbonyl (C=O) groups is 2. The van der Waals surface area contributed by atoms with Crippen LogP contribution in [0.4, 0.5) is 0 Å². The first kappa shape index (κ1) is 36.1. The van der Waals surface area contributed by atoms with Gasteiger partial charge in [-0.1, -0.05) is 56.9 Å². The Balaban J connectivity index is 1.57. The molecule has 236 valence electrons. The van der Waals surface area contributed by atoms with Crippen LogP contribution in [0.3, 0.4) is 0 Å². The largest absolute Gasteiger partial charge is 0.377 e. The average molecular weight is 619 g/mol. The number of thioether (sulfide) groups is 1. The molecular weight excluding hydrogens is 565 g/mol. The van der Waals surface area contributed by atoms with E-state index in [0.29, 0.717) is 31.7 Å². The van der Waals surface area contributed by atoms with Crippen molar-refractivity contribution in [3.63, 3.8) is 0 Å². The molecule has 5 N–H and O–H groups in total. The van der Waals surface area contributed by atoms with Crippen LogP contribution in [-0.2, 0) is 22.7 Å². The van der Waals surface area contributed by atoms with Crippen molar-refractivity contribution in [2.24, 2.45) is 5.84 Å². The molecule has 0 saturated heterocycles. The van der Waals surface area contributed by atoms with Gasteiger partial charge in [0, 0.05) is 62.2 Å². The molecule has 0 saturated carbocycles. The van der Waals surface area contributed by atoms with Gasteiger partial charge in [0.05, 0.1) is 6.54 Å². The predicted molar refractivity (Wildman–Crippen MR) is 183 cm³/mol. The summed E-state index contributed by atoms with van der Waals surface area (Å²) in [6.07, 6.45) is 13.3. The maximum absolute atomic E-state index is 12.7. The van der Waals surface area contributed by atoms with Gasteiger partial charge in [-0.3, -0.25) is 15.4 Å². The molecule has 0 radical (unpaired) electrons. The smallest absolute Gasteiger partial charge is 0.243 e. The van der Waals surface area contributed by atoms with Gasteiger partial charge < -0.3 is 20.5 Å². The summed E-state index contributed by atoms with van der Waals surface area (Å²) in [6.45, 7) is 7.01. The number of hydrogen-bond donors (Lipinski definition) is 5. The second-order valence-corrected chi connectivity index (χ2v) is 12.4. The zero-order chi connectivity index (χ0) is 30.6. The first-order valence-corrected chi connectivity index (χ1v) is 17.5. The van der Waals surface area contributed by atoms with Crippen LogP contribution in [-0.4, -0.2) is 65.3 Å². The van der Waals surface area contributed by atoms with Crippen LogP contribution in [0.25, 0.3) is 10.9 Å². The van der Waals surface area contributed by atoms with Crippen molar-refractivity contribution in [1.82, 2.24) is 25.5 Å². The lowest BCUT2D eigenvalue weighted by atomic mass is 10.1. The average Bonchev–Trinajstić information content (AvgIpc) is 3.31. The molecule has 1 heterocycles. The Kier molecular flexibility index (Phi) is 18.5. The Morgan fingerprint density at radius 3 is 2.36 bits per heavy atom. The van der Waals surface area contributed by atoms with Crippen LogP contribution in [0.5, 0.6) is 0 Å². The van der Waals surface area contributed by atoms with Crippen molar-refractivity contribution in [2.75, 3.05) is 37.9 Å². The van der Waals surface area contributed by atoms with Gasteiger partial charge in [0.15, 0.2) is 0 Å². The maximum Gasteiger partial charge on any atom is 0.243 e. The molecular formula is C32H54N6O2S2. The van der Waals surface area contributed by atoms with Crippen molar-refractivity contribution in [3.8, 4) is 0 Å². The molecule has 0 spiro atoms. The second-order valence-electron chi connectivity index (χ2n) is 11.1. The van der Waals surface area contributed by atoms with Gasteiger partial charge >= 0.3 is 0 Å². The molecule has 2 aromatic rings. The standard InChI is InChI=1S/C32H54N6O2S2/c1-26(18-21-38-28(24-37(2)33)23-27-15-10-11-16-30(27)38)36-29(25-41)32(40)35-20-13-7-5-4-6-12-19-34-31(39)17-9-8-14-22-42-3/h10-11,15-16,23,29,36,41H,1,4-9,12-14,17-22,24-25,33H2,2-3H3,(H,34,39)(H,35,40). The number of nitrogens with two attached hydrogens (primary N) is 1. The van der Waals surface area contributed by atoms with Gasteiger partial charge in [-0.15, -0.1) is 0 Å². The molecule has 0 bridgehead atoms. The quantitative estimate of drug-likeness (QED) is 0.0478. The third-order valence-corrected chi connectivity index (χ3v) is 8.36. The molecule has 0 fully saturated rings. The predicted octanol–water partition coefficient (Wildman–Crippen LogP) is 5.24. The van der Waals surface area contributed by atoms with Crippen LogP contribution in [0.2, 0.25) is 0 Å². The molecule has 0 aliphatic carbocycles. The van der Waals surface area contributed by atoms with E-state index in [4.69, 9.17) is 5.84 Å². The number of hydrazine groups is 1. The van der Waals surface area contributed by atoms with Crippen molar-refractivity contribution >= 4 is 47.1 Å². The van der Waals surface area contributed by atoms with Gasteiger partial charge in [-0.25, -0.2) is 5.01 Å². The molecule has 42 heavy (non-hydrogen) atoms. The van der Waals surface area contributed by atoms with E-state index < -0.39 is 6.04 Å². The third kappa shape index (κ3) is 14.4. The summed E-state index contributed by atoms with van der Waals surface area (Å²) in [5, 5.41) is 12.2. The molecule has 1 aromatic heterocycles. The summed E-state index contributed by atoms with van der Waals surface area (Å²) in [5.74, 6) is 7.66. The number of hydrogen-bond acceptors (Lipinski definition) is 7. The van der Waals surface area contributed by atoms with Crippen LogP contribution in [0, 0.1) is 0 Å². The van der Waals surface area contributed by atoms with E-state index in [9.17, 15) is 9.59 Å². The van der Waals surface area contributed by atoms with Crippen LogP contribution in [0.15, 0.2) is 42.6 Å². The Bertz CT molecular complexity index is 1070. The fourth-order valence-corrected chi connectivity index (χ4v) is 5.74. The first-order chi connectivity index (χ1) is 20.3. The molecule has 1 aromatic carbocycles. The minimum Gasteiger partial charge on any atom is -0.377 e. The zero-order valence-corrected chi connectivity index (χ0v) is 27.5. The van der Waals surface area contributed by atoms with Gasteiger partial charge in [-0.2, -0.15) is 24.4 Å². The highest BCUT2D eigenvalue weighted by Crippen LogP contribution is 2.21. The first-order valence-electron chi connectivity index (χ1n) is 15.5. The fourth-order valence-electron chi connectivity index (χ4n) is 4.99. The van der Waals surface area contributed by atoms with E-state index in [2.05, 4.69) is 64.2 Å². The van der Waals surface area contributed by atoms with Crippen LogP contribution < -0.4 is 21.8 Å². The Morgan fingerprint density at radius 2 is 1.67 bits per heavy atom. The monoisotopic (exact) mass is 618 g/mol. The van der Waals surface area contributed by atoms with Crippen molar-refractivity contribution in [2.45, 2.75) is 89.8 Å². The second kappa shape index (κ2) is 21.5. The summed E-state index contributed by atoms with van der Waals surface area (Å²) >= 11 is 6.27. The number of aromatic nitrogens is 1. The lowest BCUT2D eigenvalue weighted by molar-refractivity contribution is -0.122. The number of benzene rings is 1. The number of carbonyl (C=O) groups excluding carboxylic acids is 2. The van der Waals surface area contributed by atoms with E-state index in [1.54, 1.807) is 5.01 Å². The van der Waals surface area contributed by atoms with E-state index in [-0.39, 0.29) is 11.8 Å². The number of thiol groups is 1. The molecule has 8 nitrogen and oxygen atoms in total. The normalized spacial score (nSPS) is 12.0. The third-order valence-electron chi connectivity index (χ3n) is 7.30. The number of rotatable bonds is 24. The summed E-state index contributed by atoms with van der Waals surface area (Å²) in [5.41, 5.74) is 3.13. The highest BCUT2D eigenvalue weighted by atomic mass is 32.2. The minimum absolute atomic E-state index is 0.0389. The maximum atomic E-state index is 12.7. The summed E-state index contributed by atoms with van der Waals surface area (Å²) in [4.78, 5) is 24.6. The van der Waals surface area contributed by atoms with Gasteiger partial charge in [0.25, 0.3) is 0 Å². The van der Waals surface area contributed by atoms with Gasteiger partial charge in [0.2, 0.25) is 11.8 Å². The highest BCUT2D eigenvalue weighted by Gasteiger charge is 2.17. The number of aryl methyl sites for hydroxylation is 1. The zero-order valence-electron chi connectivity index (χ0n) is 25.8. The molecule has 0 aliphatic rings. The molecule has 2 amide bonds. The van der Waals surface area contributed by atoms with Gasteiger partial charge in [-0.05, 0) is 55.2 Å². The van der Waals surface area contributed by atoms with E-state index >= 15 is 0 Å². The SMILES string of the molecule is C=C(CCn1c(CN(C)N)cc2ccccc21)NC(CS)C(=O)NCCCCCCCCNC(=O)CCCCCSC. The Labute approximate surface area is 263 Å². The van der Waals surface area contributed by atoms with Crippen LogP contribution in [0.1, 0.15) is 76.3 Å². The summed E-state index contributed by atoms with van der Waals surface area (Å²) < 4.78 is 2.27.